The molecule has 29 heavy (non-hydrogen) atoms. The van der Waals surface area contributed by atoms with Gasteiger partial charge in [0.2, 0.25) is 0 Å². The lowest BCUT2D eigenvalue weighted by molar-refractivity contribution is 0.0519. The van der Waals surface area contributed by atoms with Gasteiger partial charge in [0.15, 0.2) is 15.5 Å². The third kappa shape index (κ3) is 4.35. The molecule has 9 heteroatoms. The minimum atomic E-state index is -3.32. The van der Waals surface area contributed by atoms with Crippen LogP contribution < -0.4 is 4.74 Å². The largest absolute Gasteiger partial charge is 0.495 e. The summed E-state index contributed by atoms with van der Waals surface area (Å²) in [5.74, 6) is 0.0633. The maximum absolute atomic E-state index is 12.3. The highest BCUT2D eigenvalue weighted by Crippen LogP contribution is 2.34. The van der Waals surface area contributed by atoms with Crippen molar-refractivity contribution in [2.24, 2.45) is 0 Å². The summed E-state index contributed by atoms with van der Waals surface area (Å²) >= 11 is 3.52. The van der Waals surface area contributed by atoms with Gasteiger partial charge in [0.1, 0.15) is 5.75 Å². The van der Waals surface area contributed by atoms with Crippen molar-refractivity contribution in [3.63, 3.8) is 0 Å². The number of carbonyl (C=O) groups is 1. The molecule has 0 fully saturated rings. The molecule has 0 aliphatic rings. The Morgan fingerprint density at radius 2 is 1.86 bits per heavy atom. The van der Waals surface area contributed by atoms with Gasteiger partial charge in [0, 0.05) is 11.8 Å². The second kappa shape index (κ2) is 8.38. The van der Waals surface area contributed by atoms with E-state index in [0.29, 0.717) is 27.2 Å². The molecule has 0 amide bonds. The topological polar surface area (TPSA) is 87.5 Å². The van der Waals surface area contributed by atoms with E-state index in [0.717, 1.165) is 6.26 Å². The van der Waals surface area contributed by atoms with Crippen LogP contribution in [-0.2, 0) is 14.6 Å². The molecule has 3 aromatic rings. The zero-order valence-corrected chi connectivity index (χ0v) is 18.5. The van der Waals surface area contributed by atoms with Gasteiger partial charge in [0.25, 0.3) is 0 Å². The van der Waals surface area contributed by atoms with Gasteiger partial charge < -0.3 is 9.47 Å². The Labute approximate surface area is 177 Å². The number of rotatable bonds is 6. The normalized spacial score (nSPS) is 11.3. The average Bonchev–Trinajstić information content (AvgIpc) is 3.13. The number of hydrogen-bond acceptors (Lipinski definition) is 6. The molecule has 0 unspecified atom stereocenters. The van der Waals surface area contributed by atoms with Crippen LogP contribution in [0.4, 0.5) is 0 Å². The molecule has 1 heterocycles. The Hall–Kier alpha value is -2.65. The molecule has 0 aliphatic heterocycles. The van der Waals surface area contributed by atoms with Crippen molar-refractivity contribution in [3.05, 3.63) is 58.7 Å². The van der Waals surface area contributed by atoms with Gasteiger partial charge in [-0.2, -0.15) is 5.10 Å². The fourth-order valence-corrected chi connectivity index (χ4v) is 3.99. The van der Waals surface area contributed by atoms with Crippen LogP contribution in [0.3, 0.4) is 0 Å². The molecule has 0 radical (unpaired) electrons. The molecule has 0 aliphatic carbocycles. The predicted molar refractivity (Wildman–Crippen MR) is 112 cm³/mol. The highest BCUT2D eigenvalue weighted by molar-refractivity contribution is 9.10. The SMILES string of the molecule is CCOC(=O)c1cc(-c2ccc(S(C)(=O)=O)cc2)n(-c2cccc(OC)c2Br)n1. The number of esters is 1. The molecule has 1 aromatic heterocycles. The Balaban J connectivity index is 2.19. The molecule has 0 atom stereocenters. The number of nitrogens with zero attached hydrogens (tertiary/aromatic N) is 2. The van der Waals surface area contributed by atoms with Gasteiger partial charge >= 0.3 is 5.97 Å². The summed E-state index contributed by atoms with van der Waals surface area (Å²) in [6.07, 6.45) is 1.15. The molecule has 0 saturated heterocycles. The van der Waals surface area contributed by atoms with E-state index < -0.39 is 15.8 Å². The van der Waals surface area contributed by atoms with Gasteiger partial charge in [0.05, 0.1) is 34.5 Å². The van der Waals surface area contributed by atoms with Gasteiger partial charge in [-0.1, -0.05) is 18.2 Å². The molecule has 0 spiro atoms. The van der Waals surface area contributed by atoms with E-state index in [4.69, 9.17) is 9.47 Å². The van der Waals surface area contributed by atoms with E-state index in [9.17, 15) is 13.2 Å². The Bertz CT molecular complexity index is 1150. The number of sulfone groups is 1. The van der Waals surface area contributed by atoms with Crippen LogP contribution in [0.5, 0.6) is 5.75 Å². The van der Waals surface area contributed by atoms with Crippen molar-refractivity contribution >= 4 is 31.7 Å². The average molecular weight is 479 g/mol. The number of methoxy groups -OCH3 is 1. The third-order valence-corrected chi connectivity index (χ3v) is 6.09. The van der Waals surface area contributed by atoms with Gasteiger partial charge in [-0.3, -0.25) is 0 Å². The van der Waals surface area contributed by atoms with Crippen LogP contribution in [0.1, 0.15) is 17.4 Å². The Kier molecular flexibility index (Phi) is 6.09. The van der Waals surface area contributed by atoms with Crippen molar-refractivity contribution in [3.8, 4) is 22.7 Å². The Morgan fingerprint density at radius 3 is 2.45 bits per heavy atom. The first-order valence-electron chi connectivity index (χ1n) is 8.66. The maximum atomic E-state index is 12.3. The summed E-state index contributed by atoms with van der Waals surface area (Å²) < 4.78 is 36.2. The molecule has 3 rings (SSSR count). The summed E-state index contributed by atoms with van der Waals surface area (Å²) in [4.78, 5) is 12.5. The van der Waals surface area contributed by atoms with E-state index in [1.165, 1.54) is 12.1 Å². The number of benzene rings is 2. The van der Waals surface area contributed by atoms with Crippen molar-refractivity contribution in [1.82, 2.24) is 9.78 Å². The van der Waals surface area contributed by atoms with Crippen LogP contribution in [0.15, 0.2) is 57.9 Å². The molecule has 0 bridgehead atoms. The molecule has 152 valence electrons. The Morgan fingerprint density at radius 1 is 1.17 bits per heavy atom. The molecule has 0 saturated carbocycles. The van der Waals surface area contributed by atoms with E-state index in [1.54, 1.807) is 49.0 Å². The number of carbonyl (C=O) groups excluding carboxylic acids is 1. The summed E-state index contributed by atoms with van der Waals surface area (Å²) in [7, 11) is -1.76. The van der Waals surface area contributed by atoms with Crippen LogP contribution in [0.25, 0.3) is 16.9 Å². The van der Waals surface area contributed by atoms with Gasteiger partial charge in [-0.05, 0) is 53.2 Å². The zero-order valence-electron chi connectivity index (χ0n) is 16.0. The molecule has 2 aromatic carbocycles. The minimum absolute atomic E-state index is 0.142. The number of halogens is 1. The molecule has 0 N–H and O–H groups in total. The fraction of sp³-hybridized carbons (Fsp3) is 0.200. The van der Waals surface area contributed by atoms with E-state index in [2.05, 4.69) is 21.0 Å². The van der Waals surface area contributed by atoms with Crippen molar-refractivity contribution < 1.29 is 22.7 Å². The summed E-state index contributed by atoms with van der Waals surface area (Å²) in [5.41, 5.74) is 2.09. The van der Waals surface area contributed by atoms with Crippen LogP contribution in [0, 0.1) is 0 Å². The summed E-state index contributed by atoms with van der Waals surface area (Å²) in [6, 6.07) is 13.4. The van der Waals surface area contributed by atoms with E-state index >= 15 is 0 Å². The van der Waals surface area contributed by atoms with Crippen LogP contribution in [-0.4, -0.2) is 44.1 Å². The third-order valence-electron chi connectivity index (χ3n) is 4.16. The maximum Gasteiger partial charge on any atom is 0.358 e. The minimum Gasteiger partial charge on any atom is -0.495 e. The first-order valence-corrected chi connectivity index (χ1v) is 11.3. The number of hydrogen-bond donors (Lipinski definition) is 0. The monoisotopic (exact) mass is 478 g/mol. The van der Waals surface area contributed by atoms with Crippen molar-refractivity contribution in [2.75, 3.05) is 20.0 Å². The molecular weight excluding hydrogens is 460 g/mol. The molecular formula is C20H19BrN2O5S. The molecule has 7 nitrogen and oxygen atoms in total. The lowest BCUT2D eigenvalue weighted by Crippen LogP contribution is -2.07. The lowest BCUT2D eigenvalue weighted by atomic mass is 10.1. The lowest BCUT2D eigenvalue weighted by Gasteiger charge is -2.12. The smallest absolute Gasteiger partial charge is 0.358 e. The second-order valence-corrected chi connectivity index (χ2v) is 8.95. The predicted octanol–water partition coefficient (Wildman–Crippen LogP) is 3.89. The van der Waals surface area contributed by atoms with Gasteiger partial charge in [-0.25, -0.2) is 17.9 Å². The highest BCUT2D eigenvalue weighted by Gasteiger charge is 2.20. The summed E-state index contributed by atoms with van der Waals surface area (Å²) in [6.45, 7) is 1.95. The standard InChI is InChI=1S/C20H19BrN2O5S/c1-4-28-20(24)15-12-17(13-8-10-14(11-9-13)29(3,25)26)23(22-15)16-6-5-7-18(27-2)19(16)21/h5-12H,4H2,1-3H3. The first kappa shape index (κ1) is 21.1. The van der Waals surface area contributed by atoms with Crippen LogP contribution in [0.2, 0.25) is 0 Å². The van der Waals surface area contributed by atoms with Crippen molar-refractivity contribution in [1.29, 1.82) is 0 Å². The highest BCUT2D eigenvalue weighted by atomic mass is 79.9. The fourth-order valence-electron chi connectivity index (χ4n) is 2.77. The summed E-state index contributed by atoms with van der Waals surface area (Å²) in [5, 5.41) is 4.42. The quantitative estimate of drug-likeness (QED) is 0.499. The van der Waals surface area contributed by atoms with Crippen LogP contribution >= 0.6 is 15.9 Å². The number of aromatic nitrogens is 2. The van der Waals surface area contributed by atoms with Crippen molar-refractivity contribution in [2.45, 2.75) is 11.8 Å². The first-order chi connectivity index (χ1) is 13.8. The number of ether oxygens (including phenoxy) is 2. The van der Waals surface area contributed by atoms with E-state index in [1.807, 2.05) is 6.07 Å². The van der Waals surface area contributed by atoms with E-state index in [-0.39, 0.29) is 17.2 Å². The second-order valence-electron chi connectivity index (χ2n) is 6.14. The van der Waals surface area contributed by atoms with Gasteiger partial charge in [-0.15, -0.1) is 0 Å². The zero-order chi connectivity index (χ0) is 21.2.